The topological polar surface area (TPSA) is 58.6 Å². The van der Waals surface area contributed by atoms with E-state index in [0.717, 1.165) is 38.2 Å². The molecule has 2 aliphatic rings. The zero-order valence-corrected chi connectivity index (χ0v) is 12.2. The first-order valence-electron chi connectivity index (χ1n) is 7.63. The number of carboxylic acid groups (broad SMARTS) is 1. The van der Waals surface area contributed by atoms with Crippen molar-refractivity contribution in [3.63, 3.8) is 0 Å². The molecule has 2 unspecified atom stereocenters. The molecule has 19 heavy (non-hydrogen) atoms. The molecule has 0 aliphatic heterocycles. The number of carboxylic acids is 1. The molecule has 2 saturated carbocycles. The van der Waals surface area contributed by atoms with Crippen molar-refractivity contribution in [2.24, 2.45) is 11.8 Å². The van der Waals surface area contributed by atoms with Crippen LogP contribution in [0, 0.1) is 11.8 Å². The second-order valence-corrected chi connectivity index (χ2v) is 6.47. The summed E-state index contributed by atoms with van der Waals surface area (Å²) in [6, 6.07) is 0.198. The molecule has 0 aromatic carbocycles. The quantitative estimate of drug-likeness (QED) is 0.664. The predicted molar refractivity (Wildman–Crippen MR) is 74.1 cm³/mol. The lowest BCUT2D eigenvalue weighted by molar-refractivity contribution is -0.147. The molecule has 2 aliphatic carbocycles. The molecular formula is C15H27NO3. The summed E-state index contributed by atoms with van der Waals surface area (Å²) in [5.74, 6) is 0.291. The van der Waals surface area contributed by atoms with Gasteiger partial charge in [-0.15, -0.1) is 0 Å². The maximum Gasteiger partial charge on any atom is 0.324 e. The third-order valence-corrected chi connectivity index (χ3v) is 4.41. The maximum absolute atomic E-state index is 11.7. The van der Waals surface area contributed by atoms with E-state index in [0.29, 0.717) is 6.61 Å². The smallest absolute Gasteiger partial charge is 0.324 e. The van der Waals surface area contributed by atoms with E-state index in [9.17, 15) is 9.90 Å². The Balaban J connectivity index is 1.86. The van der Waals surface area contributed by atoms with Crippen molar-refractivity contribution in [3.8, 4) is 0 Å². The Morgan fingerprint density at radius 1 is 1.42 bits per heavy atom. The van der Waals surface area contributed by atoms with Gasteiger partial charge in [0.1, 0.15) is 5.54 Å². The van der Waals surface area contributed by atoms with E-state index in [2.05, 4.69) is 5.32 Å². The van der Waals surface area contributed by atoms with Crippen molar-refractivity contribution in [2.45, 2.75) is 64.0 Å². The summed E-state index contributed by atoms with van der Waals surface area (Å²) in [6.07, 6.45) is 6.21. The van der Waals surface area contributed by atoms with Crippen molar-refractivity contribution >= 4 is 5.97 Å². The Morgan fingerprint density at radius 2 is 2.16 bits per heavy atom. The van der Waals surface area contributed by atoms with Gasteiger partial charge in [-0.3, -0.25) is 10.1 Å². The van der Waals surface area contributed by atoms with Gasteiger partial charge in [-0.05, 0) is 57.8 Å². The van der Waals surface area contributed by atoms with Crippen LogP contribution < -0.4 is 5.32 Å². The van der Waals surface area contributed by atoms with Gasteiger partial charge in [-0.2, -0.15) is 0 Å². The highest BCUT2D eigenvalue weighted by atomic mass is 16.5. The Bertz CT molecular complexity index is 315. The van der Waals surface area contributed by atoms with E-state index in [1.807, 2.05) is 13.8 Å². The van der Waals surface area contributed by atoms with Gasteiger partial charge in [0, 0.05) is 19.3 Å². The average Bonchev–Trinajstić information content (AvgIpc) is 3.06. The highest BCUT2D eigenvalue weighted by Crippen LogP contribution is 2.39. The van der Waals surface area contributed by atoms with Crippen LogP contribution in [0.15, 0.2) is 0 Å². The largest absolute Gasteiger partial charge is 0.480 e. The third-order valence-electron chi connectivity index (χ3n) is 4.41. The van der Waals surface area contributed by atoms with E-state index in [1.54, 1.807) is 0 Å². The van der Waals surface area contributed by atoms with E-state index in [1.165, 1.54) is 12.8 Å². The summed E-state index contributed by atoms with van der Waals surface area (Å²) in [7, 11) is 0. The fraction of sp³-hybridized carbons (Fsp3) is 0.933. The van der Waals surface area contributed by atoms with Crippen LogP contribution in [0.3, 0.4) is 0 Å². The first kappa shape index (κ1) is 14.8. The third kappa shape index (κ3) is 3.69. The molecule has 2 rings (SSSR count). The second kappa shape index (κ2) is 6.23. The minimum atomic E-state index is -0.725. The lowest BCUT2D eigenvalue weighted by atomic mass is 9.84. The number of aliphatic carboxylic acids is 1. The molecule has 4 nitrogen and oxygen atoms in total. The van der Waals surface area contributed by atoms with Gasteiger partial charge in [0.2, 0.25) is 0 Å². The van der Waals surface area contributed by atoms with Gasteiger partial charge in [0.25, 0.3) is 0 Å². The lowest BCUT2D eigenvalue weighted by Crippen LogP contribution is -2.57. The van der Waals surface area contributed by atoms with Crippen molar-refractivity contribution < 1.29 is 14.6 Å². The standard InChI is InChI=1S/C15H27NO3/c1-11(2)16-15(14(17)18)8-3-4-13(15)7-9-19-10-12-5-6-12/h11-13,16H,3-10H2,1-2H3,(H,17,18). The molecule has 0 heterocycles. The molecule has 110 valence electrons. The molecule has 0 aromatic rings. The van der Waals surface area contributed by atoms with Gasteiger partial charge >= 0.3 is 5.97 Å². The van der Waals surface area contributed by atoms with Crippen LogP contribution >= 0.6 is 0 Å². The summed E-state index contributed by atoms with van der Waals surface area (Å²) >= 11 is 0. The zero-order chi connectivity index (χ0) is 13.9. The molecule has 2 N–H and O–H groups in total. The fourth-order valence-electron chi connectivity index (χ4n) is 3.28. The highest BCUT2D eigenvalue weighted by molar-refractivity contribution is 5.79. The molecule has 0 radical (unpaired) electrons. The number of nitrogens with one attached hydrogen (secondary N) is 1. The SMILES string of the molecule is CC(C)NC1(C(=O)O)CCCC1CCOCC1CC1. The number of carbonyl (C=O) groups is 1. The molecule has 2 fully saturated rings. The first-order chi connectivity index (χ1) is 9.04. The average molecular weight is 269 g/mol. The molecule has 0 bridgehead atoms. The van der Waals surface area contributed by atoms with Crippen LogP contribution in [-0.4, -0.2) is 35.9 Å². The Labute approximate surface area is 115 Å². The maximum atomic E-state index is 11.7. The van der Waals surface area contributed by atoms with Crippen molar-refractivity contribution in [2.75, 3.05) is 13.2 Å². The Morgan fingerprint density at radius 3 is 2.74 bits per heavy atom. The molecule has 2 atom stereocenters. The van der Waals surface area contributed by atoms with E-state index < -0.39 is 11.5 Å². The Hall–Kier alpha value is -0.610. The van der Waals surface area contributed by atoms with Crippen molar-refractivity contribution in [3.05, 3.63) is 0 Å². The lowest BCUT2D eigenvalue weighted by Gasteiger charge is -2.34. The minimum absolute atomic E-state index is 0.198. The summed E-state index contributed by atoms with van der Waals surface area (Å²) in [5.41, 5.74) is -0.725. The molecule has 4 heteroatoms. The van der Waals surface area contributed by atoms with Crippen LogP contribution in [0.4, 0.5) is 0 Å². The molecule has 0 aromatic heterocycles. The van der Waals surface area contributed by atoms with Crippen LogP contribution in [0.5, 0.6) is 0 Å². The number of ether oxygens (including phenoxy) is 1. The van der Waals surface area contributed by atoms with Crippen LogP contribution in [0.25, 0.3) is 0 Å². The number of hydrogen-bond donors (Lipinski definition) is 2. The van der Waals surface area contributed by atoms with Gasteiger partial charge in [0.15, 0.2) is 0 Å². The van der Waals surface area contributed by atoms with Crippen molar-refractivity contribution in [1.29, 1.82) is 0 Å². The van der Waals surface area contributed by atoms with Crippen LogP contribution in [0.2, 0.25) is 0 Å². The highest BCUT2D eigenvalue weighted by Gasteiger charge is 2.48. The van der Waals surface area contributed by atoms with Crippen LogP contribution in [-0.2, 0) is 9.53 Å². The van der Waals surface area contributed by atoms with Gasteiger partial charge in [0.05, 0.1) is 0 Å². The summed E-state index contributed by atoms with van der Waals surface area (Å²) < 4.78 is 5.68. The van der Waals surface area contributed by atoms with Gasteiger partial charge in [-0.25, -0.2) is 0 Å². The number of hydrogen-bond acceptors (Lipinski definition) is 3. The Kier molecular flexibility index (Phi) is 4.85. The van der Waals surface area contributed by atoms with E-state index >= 15 is 0 Å². The second-order valence-electron chi connectivity index (χ2n) is 6.47. The number of rotatable bonds is 8. The summed E-state index contributed by atoms with van der Waals surface area (Å²) in [6.45, 7) is 5.60. The molecule has 0 saturated heterocycles. The molecule has 0 spiro atoms. The minimum Gasteiger partial charge on any atom is -0.480 e. The normalized spacial score (nSPS) is 31.0. The predicted octanol–water partition coefficient (Wildman–Crippen LogP) is 2.42. The van der Waals surface area contributed by atoms with E-state index in [4.69, 9.17) is 4.74 Å². The van der Waals surface area contributed by atoms with Gasteiger partial charge in [-0.1, -0.05) is 6.42 Å². The van der Waals surface area contributed by atoms with Gasteiger partial charge < -0.3 is 9.84 Å². The molecule has 0 amide bonds. The molecular weight excluding hydrogens is 242 g/mol. The first-order valence-corrected chi connectivity index (χ1v) is 7.63. The summed E-state index contributed by atoms with van der Waals surface area (Å²) in [4.78, 5) is 11.7. The monoisotopic (exact) mass is 269 g/mol. The van der Waals surface area contributed by atoms with Crippen molar-refractivity contribution in [1.82, 2.24) is 5.32 Å². The zero-order valence-electron chi connectivity index (χ0n) is 12.2. The van der Waals surface area contributed by atoms with E-state index in [-0.39, 0.29) is 12.0 Å². The fourth-order valence-corrected chi connectivity index (χ4v) is 3.28. The summed E-state index contributed by atoms with van der Waals surface area (Å²) in [5, 5.41) is 12.9. The van der Waals surface area contributed by atoms with Crippen LogP contribution in [0.1, 0.15) is 52.4 Å².